The van der Waals surface area contributed by atoms with E-state index in [9.17, 15) is 8.78 Å². The number of nitrogens with zero attached hydrogens (tertiary/aromatic N) is 4. The van der Waals surface area contributed by atoms with Crippen LogP contribution in [0.5, 0.6) is 0 Å². The largest absolute Gasteiger partial charge is 0.364 e. The van der Waals surface area contributed by atoms with Crippen LogP contribution in [-0.2, 0) is 13.0 Å². The molecule has 1 unspecified atom stereocenters. The maximum absolute atomic E-state index is 14.9. The number of hydrogen-bond acceptors (Lipinski definition) is 4. The fourth-order valence-corrected chi connectivity index (χ4v) is 3.26. The number of alkyl halides is 1. The van der Waals surface area contributed by atoms with Gasteiger partial charge in [-0.25, -0.2) is 13.3 Å². The number of pyridine rings is 1. The molecule has 0 aliphatic carbocycles. The van der Waals surface area contributed by atoms with Gasteiger partial charge in [-0.1, -0.05) is 0 Å². The summed E-state index contributed by atoms with van der Waals surface area (Å²) in [6.07, 6.45) is 2.78. The fraction of sp³-hybridized carbons (Fsp3) is 0.312. The summed E-state index contributed by atoms with van der Waals surface area (Å²) in [6.45, 7) is 1.87. The summed E-state index contributed by atoms with van der Waals surface area (Å²) in [4.78, 5) is 8.05. The summed E-state index contributed by atoms with van der Waals surface area (Å²) in [6, 6.07) is 3.68. The fourth-order valence-electron chi connectivity index (χ4n) is 2.47. The van der Waals surface area contributed by atoms with Crippen molar-refractivity contribution in [1.82, 2.24) is 19.6 Å². The lowest BCUT2D eigenvalue weighted by Gasteiger charge is -2.08. The molecule has 0 radical (unpaired) electrons. The molecule has 3 aromatic heterocycles. The third-order valence-corrected chi connectivity index (χ3v) is 4.71. The van der Waals surface area contributed by atoms with Gasteiger partial charge in [-0.05, 0) is 65.0 Å². The van der Waals surface area contributed by atoms with Gasteiger partial charge in [0.2, 0.25) is 5.28 Å². The van der Waals surface area contributed by atoms with E-state index in [1.165, 1.54) is 11.4 Å². The van der Waals surface area contributed by atoms with Crippen LogP contribution in [0, 0.1) is 5.82 Å². The number of hydrogen-bond donors (Lipinski definition) is 1. The van der Waals surface area contributed by atoms with Gasteiger partial charge < -0.3 is 5.32 Å². The van der Waals surface area contributed by atoms with Crippen molar-refractivity contribution in [3.8, 4) is 0 Å². The molecule has 0 aromatic carbocycles. The molecule has 0 spiro atoms. The van der Waals surface area contributed by atoms with E-state index < -0.39 is 12.0 Å². The Kier molecular flexibility index (Phi) is 5.48. The lowest BCUT2D eigenvalue weighted by Crippen LogP contribution is -2.06. The summed E-state index contributed by atoms with van der Waals surface area (Å²) in [7, 11) is 0. The van der Waals surface area contributed by atoms with Crippen LogP contribution in [0.15, 0.2) is 29.1 Å². The van der Waals surface area contributed by atoms with E-state index in [0.717, 1.165) is 5.56 Å². The number of fused-ring (bicyclic) bond motifs is 1. The maximum atomic E-state index is 14.9. The average molecular weight is 431 g/mol. The van der Waals surface area contributed by atoms with Crippen molar-refractivity contribution in [3.05, 3.63) is 51.4 Å². The van der Waals surface area contributed by atoms with Gasteiger partial charge in [0.1, 0.15) is 10.1 Å². The van der Waals surface area contributed by atoms with Gasteiger partial charge in [-0.3, -0.25) is 4.98 Å². The van der Waals surface area contributed by atoms with E-state index in [1.807, 2.05) is 12.1 Å². The third kappa shape index (κ3) is 3.90. The lowest BCUT2D eigenvalue weighted by atomic mass is 10.1. The summed E-state index contributed by atoms with van der Waals surface area (Å²) >= 11 is 9.30. The lowest BCUT2D eigenvalue weighted by molar-refractivity contribution is 0.340. The van der Waals surface area contributed by atoms with Crippen LogP contribution in [0.25, 0.3) is 5.52 Å². The molecule has 3 heterocycles. The third-order valence-electron chi connectivity index (χ3n) is 3.73. The van der Waals surface area contributed by atoms with Crippen molar-refractivity contribution < 1.29 is 8.78 Å². The SMILES string of the molecule is CC(F)CCc1c(F)c2c(NCc3ccncc3)nc(Cl)nn2c1Br. The van der Waals surface area contributed by atoms with Crippen LogP contribution in [-0.4, -0.2) is 25.8 Å². The highest BCUT2D eigenvalue weighted by molar-refractivity contribution is 9.10. The molecule has 132 valence electrons. The van der Waals surface area contributed by atoms with Gasteiger partial charge in [0.15, 0.2) is 11.6 Å². The molecule has 25 heavy (non-hydrogen) atoms. The van der Waals surface area contributed by atoms with Crippen LogP contribution in [0.2, 0.25) is 5.28 Å². The second-order valence-corrected chi connectivity index (χ2v) is 6.69. The molecular formula is C16H15BrClF2N5. The maximum Gasteiger partial charge on any atom is 0.243 e. The second kappa shape index (κ2) is 7.61. The Bertz CT molecular complexity index is 885. The zero-order valence-corrected chi connectivity index (χ0v) is 15.7. The van der Waals surface area contributed by atoms with Gasteiger partial charge in [0, 0.05) is 24.5 Å². The van der Waals surface area contributed by atoms with Crippen LogP contribution >= 0.6 is 27.5 Å². The van der Waals surface area contributed by atoms with Crippen LogP contribution in [0.4, 0.5) is 14.6 Å². The van der Waals surface area contributed by atoms with Crippen molar-refractivity contribution in [2.75, 3.05) is 5.32 Å². The van der Waals surface area contributed by atoms with Crippen molar-refractivity contribution >= 4 is 38.9 Å². The highest BCUT2D eigenvalue weighted by Crippen LogP contribution is 2.32. The summed E-state index contributed by atoms with van der Waals surface area (Å²) in [5.74, 6) is -0.212. The monoisotopic (exact) mass is 429 g/mol. The Morgan fingerprint density at radius 1 is 1.36 bits per heavy atom. The Balaban J connectivity index is 1.99. The summed E-state index contributed by atoms with van der Waals surface area (Å²) in [5, 5.41) is 7.09. The second-order valence-electron chi connectivity index (χ2n) is 5.60. The summed E-state index contributed by atoms with van der Waals surface area (Å²) in [5.41, 5.74) is 1.49. The van der Waals surface area contributed by atoms with E-state index in [0.29, 0.717) is 16.7 Å². The number of rotatable bonds is 6. The number of halogens is 4. The van der Waals surface area contributed by atoms with Gasteiger partial charge in [0.25, 0.3) is 0 Å². The molecule has 0 aliphatic rings. The first-order valence-corrected chi connectivity index (χ1v) is 8.83. The molecule has 9 heteroatoms. The molecule has 3 aromatic rings. The molecule has 0 saturated heterocycles. The molecule has 0 saturated carbocycles. The molecule has 0 fully saturated rings. The molecular weight excluding hydrogens is 416 g/mol. The van der Waals surface area contributed by atoms with Gasteiger partial charge in [0.05, 0.1) is 6.17 Å². The van der Waals surface area contributed by atoms with E-state index in [1.54, 1.807) is 12.4 Å². The summed E-state index contributed by atoms with van der Waals surface area (Å²) < 4.78 is 29.8. The van der Waals surface area contributed by atoms with E-state index in [2.05, 4.69) is 36.3 Å². The minimum absolute atomic E-state index is 0.0224. The molecule has 0 amide bonds. The van der Waals surface area contributed by atoms with Crippen LogP contribution < -0.4 is 5.32 Å². The quantitative estimate of drug-likeness (QED) is 0.622. The predicted molar refractivity (Wildman–Crippen MR) is 96.1 cm³/mol. The molecule has 1 atom stereocenters. The first kappa shape index (κ1) is 18.0. The van der Waals surface area contributed by atoms with E-state index in [4.69, 9.17) is 11.6 Å². The van der Waals surface area contributed by atoms with Crippen LogP contribution in [0.3, 0.4) is 0 Å². The van der Waals surface area contributed by atoms with Crippen LogP contribution in [0.1, 0.15) is 24.5 Å². The minimum atomic E-state index is -1.02. The normalized spacial score (nSPS) is 12.5. The average Bonchev–Trinajstić information content (AvgIpc) is 2.82. The van der Waals surface area contributed by atoms with Gasteiger partial charge in [-0.2, -0.15) is 4.98 Å². The molecule has 3 rings (SSSR count). The van der Waals surface area contributed by atoms with Crippen molar-refractivity contribution in [2.45, 2.75) is 32.5 Å². The Hall–Kier alpha value is -1.80. The van der Waals surface area contributed by atoms with E-state index in [-0.39, 0.29) is 29.5 Å². The van der Waals surface area contributed by atoms with Gasteiger partial charge >= 0.3 is 0 Å². The molecule has 1 N–H and O–H groups in total. The van der Waals surface area contributed by atoms with Crippen molar-refractivity contribution in [1.29, 1.82) is 0 Å². The zero-order chi connectivity index (χ0) is 18.0. The van der Waals surface area contributed by atoms with Crippen molar-refractivity contribution in [3.63, 3.8) is 0 Å². The highest BCUT2D eigenvalue weighted by atomic mass is 79.9. The Morgan fingerprint density at radius 3 is 2.76 bits per heavy atom. The Labute approximate surface area is 156 Å². The minimum Gasteiger partial charge on any atom is -0.364 e. The molecule has 0 bridgehead atoms. The van der Waals surface area contributed by atoms with Gasteiger partial charge in [-0.15, -0.1) is 5.10 Å². The highest BCUT2D eigenvalue weighted by Gasteiger charge is 2.22. The van der Waals surface area contributed by atoms with E-state index >= 15 is 0 Å². The zero-order valence-electron chi connectivity index (χ0n) is 13.3. The number of aromatic nitrogens is 4. The smallest absolute Gasteiger partial charge is 0.243 e. The Morgan fingerprint density at radius 2 is 2.08 bits per heavy atom. The molecule has 0 aliphatic heterocycles. The predicted octanol–water partition coefficient (Wildman–Crippen LogP) is 4.58. The first-order valence-electron chi connectivity index (χ1n) is 7.66. The standard InChI is InChI=1S/C16H15BrClF2N5/c1-9(19)2-3-11-12(20)13-15(22-8-10-4-6-21-7-5-10)23-16(18)24-25(13)14(11)17/h4-7,9H,2-3,8H2,1H3,(H,22,23,24). The number of anilines is 1. The topological polar surface area (TPSA) is 55.1 Å². The van der Waals surface area contributed by atoms with Crippen molar-refractivity contribution in [2.24, 2.45) is 0 Å². The number of nitrogens with one attached hydrogen (secondary N) is 1. The molecule has 5 nitrogen and oxygen atoms in total. The first-order chi connectivity index (χ1) is 12.0.